The molecule has 1 heterocycles. The first-order valence-corrected chi connectivity index (χ1v) is 8.35. The molecule has 0 saturated carbocycles. The van der Waals surface area contributed by atoms with Gasteiger partial charge in [0.15, 0.2) is 5.69 Å². The summed E-state index contributed by atoms with van der Waals surface area (Å²) in [5.41, 5.74) is 0.439. The third-order valence-electron chi connectivity index (χ3n) is 4.07. The highest BCUT2D eigenvalue weighted by molar-refractivity contribution is 5.94. The molecule has 144 valence electrons. The number of aliphatic carboxylic acids is 1. The van der Waals surface area contributed by atoms with Gasteiger partial charge in [-0.2, -0.15) is 0 Å². The van der Waals surface area contributed by atoms with Gasteiger partial charge in [-0.3, -0.25) is 9.59 Å². The van der Waals surface area contributed by atoms with Crippen molar-refractivity contribution in [1.29, 1.82) is 0 Å². The lowest BCUT2D eigenvalue weighted by molar-refractivity contribution is -0.137. The van der Waals surface area contributed by atoms with Crippen LogP contribution >= 0.6 is 0 Å². The number of rotatable bonds is 6. The van der Waals surface area contributed by atoms with Gasteiger partial charge in [-0.25, -0.2) is 13.8 Å². The molecule has 0 aliphatic rings. The summed E-state index contributed by atoms with van der Waals surface area (Å²) >= 11 is 0. The minimum atomic E-state index is -1.14. The van der Waals surface area contributed by atoms with Crippen LogP contribution in [0.3, 0.4) is 0 Å². The van der Waals surface area contributed by atoms with Gasteiger partial charge < -0.3 is 14.8 Å². The normalized spacial score (nSPS) is 11.8. The lowest BCUT2D eigenvalue weighted by Crippen LogP contribution is -2.30. The Morgan fingerprint density at radius 3 is 2.46 bits per heavy atom. The molecular formula is C20H16F2N2O4. The van der Waals surface area contributed by atoms with Gasteiger partial charge in [0, 0.05) is 0 Å². The summed E-state index contributed by atoms with van der Waals surface area (Å²) in [6.45, 7) is 1.50. The molecular weight excluding hydrogens is 370 g/mol. The average molecular weight is 386 g/mol. The number of carboxylic acid groups (broad SMARTS) is 1. The van der Waals surface area contributed by atoms with Crippen LogP contribution in [0.4, 0.5) is 8.78 Å². The molecule has 8 heteroatoms. The van der Waals surface area contributed by atoms with Gasteiger partial charge >= 0.3 is 5.97 Å². The van der Waals surface area contributed by atoms with Crippen LogP contribution in [0, 0.1) is 18.6 Å². The quantitative estimate of drug-likeness (QED) is 0.671. The van der Waals surface area contributed by atoms with E-state index in [0.29, 0.717) is 5.56 Å². The van der Waals surface area contributed by atoms with Crippen molar-refractivity contribution < 1.29 is 27.9 Å². The van der Waals surface area contributed by atoms with Crippen LogP contribution in [0.25, 0.3) is 11.5 Å². The number of nitrogens with one attached hydrogen (secondary N) is 1. The van der Waals surface area contributed by atoms with Crippen LogP contribution in [0.15, 0.2) is 52.9 Å². The van der Waals surface area contributed by atoms with E-state index < -0.39 is 36.0 Å². The Hall–Kier alpha value is -3.55. The molecule has 0 bridgehead atoms. The Labute approximate surface area is 158 Å². The van der Waals surface area contributed by atoms with E-state index in [1.54, 1.807) is 6.07 Å². The molecule has 3 aromatic rings. The van der Waals surface area contributed by atoms with Crippen LogP contribution < -0.4 is 5.32 Å². The second kappa shape index (κ2) is 7.99. The number of oxazole rings is 1. The summed E-state index contributed by atoms with van der Waals surface area (Å²) in [6, 6.07) is 10.1. The molecule has 2 N–H and O–H groups in total. The first kappa shape index (κ1) is 19.2. The highest BCUT2D eigenvalue weighted by atomic mass is 19.1. The first-order chi connectivity index (χ1) is 13.3. The number of aryl methyl sites for hydroxylation is 1. The number of carboxylic acids is 1. The van der Waals surface area contributed by atoms with Gasteiger partial charge in [-0.15, -0.1) is 0 Å². The Morgan fingerprint density at radius 1 is 1.14 bits per heavy atom. The summed E-state index contributed by atoms with van der Waals surface area (Å²) < 4.78 is 32.5. The van der Waals surface area contributed by atoms with Gasteiger partial charge in [-0.05, 0) is 36.8 Å². The predicted molar refractivity (Wildman–Crippen MR) is 95.5 cm³/mol. The Kier molecular flexibility index (Phi) is 5.49. The molecule has 1 amide bonds. The number of amides is 1. The van der Waals surface area contributed by atoms with Gasteiger partial charge in [0.05, 0.1) is 18.0 Å². The molecule has 0 aliphatic carbocycles. The average Bonchev–Trinajstić information content (AvgIpc) is 3.03. The monoisotopic (exact) mass is 386 g/mol. The Balaban J connectivity index is 1.87. The molecule has 28 heavy (non-hydrogen) atoms. The maximum Gasteiger partial charge on any atom is 0.305 e. The highest BCUT2D eigenvalue weighted by Gasteiger charge is 2.24. The third-order valence-corrected chi connectivity index (χ3v) is 4.07. The van der Waals surface area contributed by atoms with Crippen molar-refractivity contribution in [2.24, 2.45) is 0 Å². The topological polar surface area (TPSA) is 92.4 Å². The van der Waals surface area contributed by atoms with Crippen molar-refractivity contribution in [3.8, 4) is 11.5 Å². The molecule has 0 fully saturated rings. The number of hydrogen-bond donors (Lipinski definition) is 2. The summed E-state index contributed by atoms with van der Waals surface area (Å²) in [4.78, 5) is 27.8. The van der Waals surface area contributed by atoms with Crippen molar-refractivity contribution in [2.75, 3.05) is 0 Å². The molecule has 6 nitrogen and oxygen atoms in total. The van der Waals surface area contributed by atoms with E-state index in [0.717, 1.165) is 0 Å². The second-order valence-electron chi connectivity index (χ2n) is 6.08. The SMILES string of the molecule is Cc1oc(-c2ccccc2F)nc1C(=O)NC(CC(=O)O)c1ccc(F)cc1. The number of carbonyl (C=O) groups is 2. The van der Waals surface area contributed by atoms with Gasteiger partial charge in [-0.1, -0.05) is 24.3 Å². The van der Waals surface area contributed by atoms with E-state index in [-0.39, 0.29) is 22.9 Å². The van der Waals surface area contributed by atoms with Crippen LogP contribution in [0.2, 0.25) is 0 Å². The summed E-state index contributed by atoms with van der Waals surface area (Å²) in [5, 5.41) is 11.7. The predicted octanol–water partition coefficient (Wildman–Crippen LogP) is 3.87. The minimum absolute atomic E-state index is 0.0580. The third kappa shape index (κ3) is 4.22. The maximum atomic E-state index is 13.9. The van der Waals surface area contributed by atoms with Crippen LogP contribution in [-0.4, -0.2) is 22.0 Å². The Morgan fingerprint density at radius 2 is 1.82 bits per heavy atom. The fourth-order valence-electron chi connectivity index (χ4n) is 2.71. The van der Waals surface area contributed by atoms with Crippen LogP contribution in [-0.2, 0) is 4.79 Å². The number of nitrogens with zero attached hydrogens (tertiary/aromatic N) is 1. The van der Waals surface area contributed by atoms with E-state index in [4.69, 9.17) is 9.52 Å². The van der Waals surface area contributed by atoms with Crippen molar-refractivity contribution in [2.45, 2.75) is 19.4 Å². The van der Waals surface area contributed by atoms with E-state index in [2.05, 4.69) is 10.3 Å². The molecule has 1 aromatic heterocycles. The second-order valence-corrected chi connectivity index (χ2v) is 6.08. The fraction of sp³-hybridized carbons (Fsp3) is 0.150. The smallest absolute Gasteiger partial charge is 0.305 e. The van der Waals surface area contributed by atoms with Gasteiger partial charge in [0.1, 0.15) is 17.4 Å². The zero-order valence-electron chi connectivity index (χ0n) is 14.8. The molecule has 2 aromatic carbocycles. The number of hydrogen-bond acceptors (Lipinski definition) is 4. The lowest BCUT2D eigenvalue weighted by atomic mass is 10.0. The standard InChI is InChI=1S/C20H16F2N2O4/c1-11-18(24-20(28-11)14-4-2-3-5-15(14)22)19(27)23-16(10-17(25)26)12-6-8-13(21)9-7-12/h2-9,16H,10H2,1H3,(H,23,27)(H,25,26). The van der Waals surface area contributed by atoms with Crippen LogP contribution in [0.1, 0.15) is 34.3 Å². The number of benzene rings is 2. The van der Waals surface area contributed by atoms with Crippen LogP contribution in [0.5, 0.6) is 0 Å². The van der Waals surface area contributed by atoms with E-state index in [9.17, 15) is 18.4 Å². The summed E-state index contributed by atoms with van der Waals surface area (Å²) in [6.07, 6.45) is -0.408. The first-order valence-electron chi connectivity index (χ1n) is 8.35. The van der Waals surface area contributed by atoms with Gasteiger partial charge in [0.2, 0.25) is 5.89 Å². The molecule has 1 unspecified atom stereocenters. The van der Waals surface area contributed by atoms with E-state index in [1.165, 1.54) is 49.4 Å². The molecule has 0 spiro atoms. The fourth-order valence-corrected chi connectivity index (χ4v) is 2.71. The summed E-state index contributed by atoms with van der Waals surface area (Å²) in [5.74, 6) is -2.75. The van der Waals surface area contributed by atoms with Gasteiger partial charge in [0.25, 0.3) is 5.91 Å². The lowest BCUT2D eigenvalue weighted by Gasteiger charge is -2.17. The molecule has 3 rings (SSSR count). The minimum Gasteiger partial charge on any atom is -0.481 e. The molecule has 0 radical (unpaired) electrons. The van der Waals surface area contributed by atoms with E-state index in [1.807, 2.05) is 0 Å². The number of halogens is 2. The van der Waals surface area contributed by atoms with Crippen molar-refractivity contribution in [3.63, 3.8) is 0 Å². The number of aromatic nitrogens is 1. The molecule has 0 saturated heterocycles. The maximum absolute atomic E-state index is 13.9. The Bertz CT molecular complexity index is 1020. The van der Waals surface area contributed by atoms with E-state index >= 15 is 0 Å². The van der Waals surface area contributed by atoms with Crippen molar-refractivity contribution in [1.82, 2.24) is 10.3 Å². The zero-order chi connectivity index (χ0) is 20.3. The van der Waals surface area contributed by atoms with Crippen molar-refractivity contribution >= 4 is 11.9 Å². The van der Waals surface area contributed by atoms with Crippen molar-refractivity contribution in [3.05, 3.63) is 77.2 Å². The molecule has 0 aliphatic heterocycles. The summed E-state index contributed by atoms with van der Waals surface area (Å²) in [7, 11) is 0. The molecule has 1 atom stereocenters. The largest absolute Gasteiger partial charge is 0.481 e. The number of carbonyl (C=O) groups excluding carboxylic acids is 1. The zero-order valence-corrected chi connectivity index (χ0v) is 14.8. The highest BCUT2D eigenvalue weighted by Crippen LogP contribution is 2.25.